The molecule has 0 aliphatic rings. The number of rotatable bonds is 11. The number of hydrogen-bond acceptors (Lipinski definition) is 5. The lowest BCUT2D eigenvalue weighted by molar-refractivity contribution is -0.137. The first-order valence-electron chi connectivity index (χ1n) is 9.69. The SMILES string of the molecule is COc1cccc(OCCNC(=O)CCCN(c2cccc(C(F)(F)F)c2)S(C)(=O)=O)c1. The molecule has 7 nitrogen and oxygen atoms in total. The molecule has 0 fully saturated rings. The van der Waals surface area contributed by atoms with Gasteiger partial charge in [-0.05, 0) is 36.8 Å². The lowest BCUT2D eigenvalue weighted by Gasteiger charge is -2.23. The predicted octanol–water partition coefficient (Wildman–Crippen LogP) is 3.46. The van der Waals surface area contributed by atoms with Gasteiger partial charge in [0.15, 0.2) is 0 Å². The minimum Gasteiger partial charge on any atom is -0.497 e. The van der Waals surface area contributed by atoms with E-state index in [0.717, 1.165) is 28.8 Å². The van der Waals surface area contributed by atoms with Crippen LogP contribution in [0.1, 0.15) is 18.4 Å². The Morgan fingerprint density at radius 2 is 1.78 bits per heavy atom. The van der Waals surface area contributed by atoms with Gasteiger partial charge in [0.2, 0.25) is 15.9 Å². The lowest BCUT2D eigenvalue weighted by atomic mass is 10.2. The zero-order chi connectivity index (χ0) is 23.8. The molecule has 2 aromatic carbocycles. The summed E-state index contributed by atoms with van der Waals surface area (Å²) in [6.07, 6.45) is -3.55. The monoisotopic (exact) mass is 474 g/mol. The van der Waals surface area contributed by atoms with Crippen molar-refractivity contribution in [1.82, 2.24) is 5.32 Å². The first-order valence-corrected chi connectivity index (χ1v) is 11.5. The minimum atomic E-state index is -4.59. The third kappa shape index (κ3) is 7.95. The second-order valence-electron chi connectivity index (χ2n) is 6.86. The van der Waals surface area contributed by atoms with Crippen LogP contribution in [0.2, 0.25) is 0 Å². The van der Waals surface area contributed by atoms with Gasteiger partial charge in [-0.15, -0.1) is 0 Å². The van der Waals surface area contributed by atoms with E-state index in [-0.39, 0.29) is 44.1 Å². The Hall–Kier alpha value is -2.95. The van der Waals surface area contributed by atoms with Gasteiger partial charge in [-0.3, -0.25) is 9.10 Å². The van der Waals surface area contributed by atoms with Crippen LogP contribution in [-0.4, -0.2) is 47.4 Å². The quantitative estimate of drug-likeness (QED) is 0.505. The number of benzene rings is 2. The molecule has 1 N–H and O–H groups in total. The molecule has 1 amide bonds. The number of sulfonamides is 1. The van der Waals surface area contributed by atoms with Crippen molar-refractivity contribution >= 4 is 21.6 Å². The number of hydrogen-bond donors (Lipinski definition) is 1. The van der Waals surface area contributed by atoms with Gasteiger partial charge in [-0.25, -0.2) is 8.42 Å². The lowest BCUT2D eigenvalue weighted by Crippen LogP contribution is -2.33. The summed E-state index contributed by atoms with van der Waals surface area (Å²) >= 11 is 0. The summed E-state index contributed by atoms with van der Waals surface area (Å²) in [5, 5.41) is 2.65. The molecule has 0 spiro atoms. The number of nitrogens with one attached hydrogen (secondary N) is 1. The highest BCUT2D eigenvalue weighted by molar-refractivity contribution is 7.92. The van der Waals surface area contributed by atoms with E-state index in [9.17, 15) is 26.4 Å². The maximum absolute atomic E-state index is 12.9. The Kier molecular flexibility index (Phi) is 8.76. The van der Waals surface area contributed by atoms with Crippen LogP contribution in [0.3, 0.4) is 0 Å². The van der Waals surface area contributed by atoms with E-state index in [1.165, 1.54) is 13.2 Å². The predicted molar refractivity (Wildman–Crippen MR) is 114 cm³/mol. The van der Waals surface area contributed by atoms with Crippen LogP contribution < -0.4 is 19.1 Å². The van der Waals surface area contributed by atoms with Crippen LogP contribution in [0.25, 0.3) is 0 Å². The number of ether oxygens (including phenoxy) is 2. The van der Waals surface area contributed by atoms with Gasteiger partial charge < -0.3 is 14.8 Å². The Morgan fingerprint density at radius 3 is 2.44 bits per heavy atom. The smallest absolute Gasteiger partial charge is 0.416 e. The van der Waals surface area contributed by atoms with E-state index < -0.39 is 21.8 Å². The first kappa shape index (κ1) is 25.3. The van der Waals surface area contributed by atoms with Crippen LogP contribution in [0.5, 0.6) is 11.5 Å². The molecule has 0 heterocycles. The fourth-order valence-electron chi connectivity index (χ4n) is 2.85. The van der Waals surface area contributed by atoms with E-state index in [4.69, 9.17) is 9.47 Å². The minimum absolute atomic E-state index is 0.00411. The molecular formula is C21H25F3N2O5S. The highest BCUT2D eigenvalue weighted by Crippen LogP contribution is 2.32. The molecule has 11 heteroatoms. The molecule has 0 radical (unpaired) electrons. The van der Waals surface area contributed by atoms with Gasteiger partial charge >= 0.3 is 6.18 Å². The fraction of sp³-hybridized carbons (Fsp3) is 0.381. The van der Waals surface area contributed by atoms with Gasteiger partial charge in [0.25, 0.3) is 0 Å². The van der Waals surface area contributed by atoms with Crippen LogP contribution in [0, 0.1) is 0 Å². The Morgan fingerprint density at radius 1 is 1.09 bits per heavy atom. The third-order valence-electron chi connectivity index (χ3n) is 4.36. The molecule has 0 saturated heterocycles. The van der Waals surface area contributed by atoms with Crippen LogP contribution in [0.4, 0.5) is 18.9 Å². The van der Waals surface area contributed by atoms with Crippen molar-refractivity contribution in [2.45, 2.75) is 19.0 Å². The topological polar surface area (TPSA) is 84.9 Å². The first-order chi connectivity index (χ1) is 15.0. The summed E-state index contributed by atoms with van der Waals surface area (Å²) in [7, 11) is -2.29. The van der Waals surface area contributed by atoms with Crippen molar-refractivity contribution in [1.29, 1.82) is 0 Å². The number of alkyl halides is 3. The van der Waals surface area contributed by atoms with Crippen LogP contribution in [0.15, 0.2) is 48.5 Å². The normalized spacial score (nSPS) is 11.7. The van der Waals surface area contributed by atoms with Gasteiger partial charge in [-0.2, -0.15) is 13.2 Å². The number of carbonyl (C=O) groups is 1. The highest BCUT2D eigenvalue weighted by atomic mass is 32.2. The molecule has 0 aliphatic heterocycles. The fourth-order valence-corrected chi connectivity index (χ4v) is 3.80. The number of nitrogens with zero attached hydrogens (tertiary/aromatic N) is 1. The molecule has 0 unspecified atom stereocenters. The average Bonchev–Trinajstić information content (AvgIpc) is 2.73. The largest absolute Gasteiger partial charge is 0.497 e. The summed E-state index contributed by atoms with van der Waals surface area (Å²) in [4.78, 5) is 12.0. The van der Waals surface area contributed by atoms with E-state index >= 15 is 0 Å². The van der Waals surface area contributed by atoms with Crippen molar-refractivity contribution in [3.63, 3.8) is 0 Å². The summed E-state index contributed by atoms with van der Waals surface area (Å²) in [6.45, 7) is 0.325. The molecule has 2 aromatic rings. The van der Waals surface area contributed by atoms with E-state index in [1.807, 2.05) is 0 Å². The molecule has 176 valence electrons. The molecule has 0 atom stereocenters. The third-order valence-corrected chi connectivity index (χ3v) is 5.56. The van der Waals surface area contributed by atoms with E-state index in [2.05, 4.69) is 5.32 Å². The standard InChI is InChI=1S/C21H25F3N2O5S/c1-30-18-8-4-9-19(15-18)31-13-11-25-20(27)10-5-12-26(32(2,28)29)17-7-3-6-16(14-17)21(22,23)24/h3-4,6-9,14-15H,5,10-13H2,1-2H3,(H,25,27). The van der Waals surface area contributed by atoms with Crippen molar-refractivity contribution in [2.24, 2.45) is 0 Å². The number of halogens is 3. The van der Waals surface area contributed by atoms with Crippen molar-refractivity contribution < 1.29 is 35.9 Å². The second kappa shape index (κ2) is 11.1. The van der Waals surface area contributed by atoms with Crippen molar-refractivity contribution in [3.05, 3.63) is 54.1 Å². The maximum Gasteiger partial charge on any atom is 0.416 e. The van der Waals surface area contributed by atoms with Crippen LogP contribution in [-0.2, 0) is 21.0 Å². The molecule has 0 saturated carbocycles. The number of anilines is 1. The Balaban J connectivity index is 1.83. The van der Waals surface area contributed by atoms with Crippen molar-refractivity contribution in [2.75, 3.05) is 37.4 Å². The molecule has 32 heavy (non-hydrogen) atoms. The van der Waals surface area contributed by atoms with Gasteiger partial charge in [0, 0.05) is 19.0 Å². The van der Waals surface area contributed by atoms with Gasteiger partial charge in [-0.1, -0.05) is 12.1 Å². The average molecular weight is 475 g/mol. The molecule has 2 rings (SSSR count). The molecule has 0 bridgehead atoms. The molecular weight excluding hydrogens is 449 g/mol. The Bertz CT molecular complexity index is 1010. The van der Waals surface area contributed by atoms with E-state index in [1.54, 1.807) is 24.3 Å². The van der Waals surface area contributed by atoms with E-state index in [0.29, 0.717) is 11.5 Å². The molecule has 0 aromatic heterocycles. The Labute approximate surface area is 185 Å². The second-order valence-corrected chi connectivity index (χ2v) is 8.77. The number of methoxy groups -OCH3 is 1. The number of carbonyl (C=O) groups excluding carboxylic acids is 1. The summed E-state index contributed by atoms with van der Waals surface area (Å²) in [6, 6.07) is 11.1. The highest BCUT2D eigenvalue weighted by Gasteiger charge is 2.31. The summed E-state index contributed by atoms with van der Waals surface area (Å²) in [5.74, 6) is 0.906. The maximum atomic E-state index is 12.9. The van der Waals surface area contributed by atoms with Crippen LogP contribution >= 0.6 is 0 Å². The summed E-state index contributed by atoms with van der Waals surface area (Å²) < 4.78 is 74.4. The summed E-state index contributed by atoms with van der Waals surface area (Å²) in [5.41, 5.74) is -1.05. The zero-order valence-electron chi connectivity index (χ0n) is 17.7. The number of amides is 1. The van der Waals surface area contributed by atoms with Gasteiger partial charge in [0.1, 0.15) is 18.1 Å². The zero-order valence-corrected chi connectivity index (χ0v) is 18.5. The van der Waals surface area contributed by atoms with Crippen molar-refractivity contribution in [3.8, 4) is 11.5 Å². The molecule has 0 aliphatic carbocycles. The van der Waals surface area contributed by atoms with Gasteiger partial charge in [0.05, 0.1) is 31.2 Å².